The summed E-state index contributed by atoms with van der Waals surface area (Å²) in [5, 5.41) is 3.45. The maximum Gasteiger partial charge on any atom is 0.291 e. The summed E-state index contributed by atoms with van der Waals surface area (Å²) in [6.07, 6.45) is 0.392. The van der Waals surface area contributed by atoms with Gasteiger partial charge in [0.1, 0.15) is 11.4 Å². The number of sulfone groups is 1. The lowest BCUT2D eigenvalue weighted by Gasteiger charge is -2.27. The SMILES string of the molecule is COc1cc(C(=O)N2CCCN2C(=O)CCS(=O)(=O)c2ccccc2)nc2ccccc12. The molecule has 2 aromatic carbocycles. The average Bonchev–Trinajstić information content (AvgIpc) is 3.32. The van der Waals surface area contributed by atoms with Crippen molar-refractivity contribution >= 4 is 32.6 Å². The summed E-state index contributed by atoms with van der Waals surface area (Å²) in [6.45, 7) is 0.702. The Balaban J connectivity index is 1.51. The van der Waals surface area contributed by atoms with E-state index < -0.39 is 21.7 Å². The molecule has 0 bridgehead atoms. The highest BCUT2D eigenvalue weighted by atomic mass is 32.2. The number of nitrogens with zero attached hydrogens (tertiary/aromatic N) is 3. The van der Waals surface area contributed by atoms with Gasteiger partial charge in [-0.25, -0.2) is 18.4 Å². The van der Waals surface area contributed by atoms with Gasteiger partial charge in [-0.2, -0.15) is 0 Å². The molecule has 2 heterocycles. The topological polar surface area (TPSA) is 96.9 Å². The predicted molar refractivity (Wildman–Crippen MR) is 119 cm³/mol. The Morgan fingerprint density at radius 1 is 1.00 bits per heavy atom. The molecule has 0 atom stereocenters. The van der Waals surface area contributed by atoms with Crippen molar-refractivity contribution in [2.75, 3.05) is 26.0 Å². The van der Waals surface area contributed by atoms with Gasteiger partial charge in [0.2, 0.25) is 5.91 Å². The number of hydrazine groups is 1. The number of pyridine rings is 1. The van der Waals surface area contributed by atoms with Crippen molar-refractivity contribution in [3.8, 4) is 5.75 Å². The number of ether oxygens (including phenoxy) is 1. The predicted octanol–water partition coefficient (Wildman–Crippen LogP) is 2.70. The van der Waals surface area contributed by atoms with Gasteiger partial charge in [-0.05, 0) is 30.7 Å². The maximum absolute atomic E-state index is 13.2. The minimum absolute atomic E-state index is 0.164. The smallest absolute Gasteiger partial charge is 0.291 e. The van der Waals surface area contributed by atoms with Gasteiger partial charge in [0.15, 0.2) is 9.84 Å². The lowest BCUT2D eigenvalue weighted by molar-refractivity contribution is -0.140. The van der Waals surface area contributed by atoms with E-state index in [0.717, 1.165) is 5.39 Å². The molecule has 0 aliphatic carbocycles. The Kier molecular flexibility index (Phi) is 6.09. The third-order valence-corrected chi connectivity index (χ3v) is 7.09. The van der Waals surface area contributed by atoms with Crippen LogP contribution < -0.4 is 4.74 Å². The molecule has 1 fully saturated rings. The van der Waals surface area contributed by atoms with Crippen LogP contribution in [0.15, 0.2) is 65.6 Å². The van der Waals surface area contributed by atoms with Gasteiger partial charge in [0.25, 0.3) is 5.91 Å². The van der Waals surface area contributed by atoms with Crippen LogP contribution in [-0.2, 0) is 14.6 Å². The largest absolute Gasteiger partial charge is 0.496 e. The first-order valence-corrected chi connectivity index (χ1v) is 11.9. The number of hydrogen-bond donors (Lipinski definition) is 0. The first-order chi connectivity index (χ1) is 15.4. The molecule has 0 N–H and O–H groups in total. The minimum Gasteiger partial charge on any atom is -0.496 e. The van der Waals surface area contributed by atoms with Gasteiger partial charge in [-0.15, -0.1) is 0 Å². The van der Waals surface area contributed by atoms with Crippen molar-refractivity contribution in [1.29, 1.82) is 0 Å². The van der Waals surface area contributed by atoms with Crippen LogP contribution >= 0.6 is 0 Å². The Bertz CT molecular complexity index is 1260. The molecule has 9 heteroatoms. The third kappa shape index (κ3) is 4.29. The summed E-state index contributed by atoms with van der Waals surface area (Å²) in [5.41, 5.74) is 0.776. The van der Waals surface area contributed by atoms with E-state index in [0.29, 0.717) is 30.8 Å². The molecule has 3 aromatic rings. The molecular formula is C23H23N3O5S. The third-order valence-electron chi connectivity index (χ3n) is 5.36. The monoisotopic (exact) mass is 453 g/mol. The normalized spacial score (nSPS) is 14.0. The van der Waals surface area contributed by atoms with E-state index in [9.17, 15) is 18.0 Å². The number of fused-ring (bicyclic) bond motifs is 1. The fraction of sp³-hybridized carbons (Fsp3) is 0.261. The molecule has 1 saturated heterocycles. The number of hydrogen-bond acceptors (Lipinski definition) is 6. The molecule has 0 saturated carbocycles. The number of aromatic nitrogens is 1. The highest BCUT2D eigenvalue weighted by Gasteiger charge is 2.33. The highest BCUT2D eigenvalue weighted by Crippen LogP contribution is 2.26. The van der Waals surface area contributed by atoms with Crippen LogP contribution in [0.25, 0.3) is 10.9 Å². The number of benzene rings is 2. The van der Waals surface area contributed by atoms with Crippen molar-refractivity contribution in [1.82, 2.24) is 15.0 Å². The second-order valence-electron chi connectivity index (χ2n) is 7.41. The molecule has 1 aromatic heterocycles. The molecule has 32 heavy (non-hydrogen) atoms. The standard InChI is InChI=1S/C23H23N3O5S/c1-31-21-16-20(24-19-11-6-5-10-18(19)21)23(28)26-14-7-13-25(26)22(27)12-15-32(29,30)17-8-3-2-4-9-17/h2-6,8-11,16H,7,12-15H2,1H3. The Labute approximate surface area is 186 Å². The number of rotatable bonds is 6. The van der Waals surface area contributed by atoms with Gasteiger partial charge >= 0.3 is 0 Å². The van der Waals surface area contributed by atoms with E-state index in [1.165, 1.54) is 29.3 Å². The molecule has 0 spiro atoms. The van der Waals surface area contributed by atoms with E-state index in [4.69, 9.17) is 4.74 Å². The summed E-state index contributed by atoms with van der Waals surface area (Å²) in [6, 6.07) is 16.9. The summed E-state index contributed by atoms with van der Waals surface area (Å²) in [7, 11) is -2.07. The van der Waals surface area contributed by atoms with Gasteiger partial charge in [0, 0.05) is 31.0 Å². The molecule has 2 amide bonds. The van der Waals surface area contributed by atoms with Gasteiger partial charge in [-0.1, -0.05) is 30.3 Å². The fourth-order valence-electron chi connectivity index (χ4n) is 3.73. The summed E-state index contributed by atoms with van der Waals surface area (Å²) in [4.78, 5) is 30.6. The Morgan fingerprint density at radius 3 is 2.44 bits per heavy atom. The number of para-hydroxylation sites is 1. The van der Waals surface area contributed by atoms with Crippen LogP contribution in [0, 0.1) is 0 Å². The maximum atomic E-state index is 13.2. The van der Waals surface area contributed by atoms with Gasteiger partial charge < -0.3 is 4.74 Å². The van der Waals surface area contributed by atoms with Crippen LogP contribution in [0.2, 0.25) is 0 Å². The van der Waals surface area contributed by atoms with Crippen LogP contribution in [0.4, 0.5) is 0 Å². The molecule has 4 rings (SSSR count). The molecule has 8 nitrogen and oxygen atoms in total. The van der Waals surface area contributed by atoms with Crippen molar-refractivity contribution < 1.29 is 22.7 Å². The second-order valence-corrected chi connectivity index (χ2v) is 9.52. The Morgan fingerprint density at radius 2 is 1.69 bits per heavy atom. The van der Waals surface area contributed by atoms with Crippen molar-refractivity contribution in [2.45, 2.75) is 17.7 Å². The summed E-state index contributed by atoms with van der Waals surface area (Å²) >= 11 is 0. The molecular weight excluding hydrogens is 430 g/mol. The molecule has 0 radical (unpaired) electrons. The first kappa shape index (κ1) is 21.8. The fourth-order valence-corrected chi connectivity index (χ4v) is 4.98. The quantitative estimate of drug-likeness (QED) is 0.569. The molecule has 1 aliphatic heterocycles. The second kappa shape index (κ2) is 8.96. The van der Waals surface area contributed by atoms with E-state index in [1.807, 2.05) is 18.2 Å². The zero-order chi connectivity index (χ0) is 22.7. The zero-order valence-corrected chi connectivity index (χ0v) is 18.4. The molecule has 1 aliphatic rings. The zero-order valence-electron chi connectivity index (χ0n) is 17.6. The van der Waals surface area contributed by atoms with Crippen molar-refractivity contribution in [2.24, 2.45) is 0 Å². The molecule has 0 unspecified atom stereocenters. The van der Waals surface area contributed by atoms with Gasteiger partial charge in [0.05, 0.1) is 23.3 Å². The van der Waals surface area contributed by atoms with Crippen molar-refractivity contribution in [3.63, 3.8) is 0 Å². The first-order valence-electron chi connectivity index (χ1n) is 10.2. The number of carbonyl (C=O) groups excluding carboxylic acids is 2. The average molecular weight is 454 g/mol. The Hall–Kier alpha value is -3.46. The van der Waals surface area contributed by atoms with Crippen LogP contribution in [0.3, 0.4) is 0 Å². The van der Waals surface area contributed by atoms with Crippen molar-refractivity contribution in [3.05, 3.63) is 66.4 Å². The molecule has 166 valence electrons. The van der Waals surface area contributed by atoms with E-state index in [-0.39, 0.29) is 22.8 Å². The highest BCUT2D eigenvalue weighted by molar-refractivity contribution is 7.91. The number of methoxy groups -OCH3 is 1. The van der Waals surface area contributed by atoms with E-state index >= 15 is 0 Å². The number of carbonyl (C=O) groups is 2. The van der Waals surface area contributed by atoms with Crippen LogP contribution in [-0.4, -0.2) is 61.2 Å². The van der Waals surface area contributed by atoms with Crippen LogP contribution in [0.1, 0.15) is 23.3 Å². The lowest BCUT2D eigenvalue weighted by atomic mass is 10.1. The van der Waals surface area contributed by atoms with E-state index in [1.54, 1.807) is 30.3 Å². The lowest BCUT2D eigenvalue weighted by Crippen LogP contribution is -2.45. The van der Waals surface area contributed by atoms with E-state index in [2.05, 4.69) is 4.98 Å². The number of amides is 2. The van der Waals surface area contributed by atoms with Crippen LogP contribution in [0.5, 0.6) is 5.75 Å². The minimum atomic E-state index is -3.59. The summed E-state index contributed by atoms with van der Waals surface area (Å²) < 4.78 is 30.4. The summed E-state index contributed by atoms with van der Waals surface area (Å²) in [5.74, 6) is -0.643. The van der Waals surface area contributed by atoms with Gasteiger partial charge in [-0.3, -0.25) is 14.6 Å².